The molecule has 6 nitrogen and oxygen atoms in total. The number of hydrogen-bond acceptors (Lipinski definition) is 4. The van der Waals surface area contributed by atoms with Crippen LogP contribution in [-0.4, -0.2) is 28.1 Å². The summed E-state index contributed by atoms with van der Waals surface area (Å²) in [6, 6.07) is 14.1. The van der Waals surface area contributed by atoms with Crippen LogP contribution < -0.4 is 10.6 Å². The highest BCUT2D eigenvalue weighted by Gasteiger charge is 2.16. The number of hydrogen-bond donors (Lipinski definition) is 3. The molecule has 2 aromatic rings. The van der Waals surface area contributed by atoms with Crippen LogP contribution in [0.5, 0.6) is 0 Å². The lowest BCUT2D eigenvalue weighted by Gasteiger charge is -2.13. The minimum atomic E-state index is -0.888. The molecule has 0 fully saturated rings. The van der Waals surface area contributed by atoms with Crippen LogP contribution in [0.15, 0.2) is 53.4 Å². The van der Waals surface area contributed by atoms with Crippen LogP contribution >= 0.6 is 11.8 Å². The van der Waals surface area contributed by atoms with Crippen molar-refractivity contribution in [3.8, 4) is 0 Å². The molecule has 0 spiro atoms. The third kappa shape index (κ3) is 6.14. The van der Waals surface area contributed by atoms with Gasteiger partial charge in [0.15, 0.2) is 0 Å². The van der Waals surface area contributed by atoms with Gasteiger partial charge in [0, 0.05) is 23.2 Å². The smallest absolute Gasteiger partial charge is 0.310 e. The van der Waals surface area contributed by atoms with Crippen LogP contribution in [0.1, 0.15) is 32.3 Å². The maximum absolute atomic E-state index is 12.4. The van der Waals surface area contributed by atoms with E-state index in [1.807, 2.05) is 19.1 Å². The number of carboxylic acids is 1. The molecule has 0 radical (unpaired) electrons. The molecule has 0 bridgehead atoms. The van der Waals surface area contributed by atoms with Gasteiger partial charge in [0.25, 0.3) is 0 Å². The third-order valence-corrected chi connectivity index (χ3v) is 5.02. The summed E-state index contributed by atoms with van der Waals surface area (Å²) in [7, 11) is 0. The Morgan fingerprint density at radius 1 is 0.889 bits per heavy atom. The molecule has 0 heterocycles. The van der Waals surface area contributed by atoms with E-state index in [9.17, 15) is 14.4 Å². The predicted octanol–water partition coefficient (Wildman–Crippen LogP) is 3.95. The summed E-state index contributed by atoms with van der Waals surface area (Å²) in [6.07, 6.45) is 0. The first-order chi connectivity index (χ1) is 12.8. The lowest BCUT2D eigenvalue weighted by Crippen LogP contribution is -2.22. The van der Waals surface area contributed by atoms with Crippen molar-refractivity contribution in [2.45, 2.75) is 36.8 Å². The summed E-state index contributed by atoms with van der Waals surface area (Å²) >= 11 is 1.41. The highest BCUT2D eigenvalue weighted by molar-refractivity contribution is 8.00. The van der Waals surface area contributed by atoms with Crippen LogP contribution in [0.4, 0.5) is 11.4 Å². The number of carboxylic acid groups (broad SMARTS) is 1. The molecular formula is C20H22N2O4S. The minimum Gasteiger partial charge on any atom is -0.481 e. The number of nitrogens with one attached hydrogen (secondary N) is 2. The second kappa shape index (κ2) is 9.23. The Morgan fingerprint density at radius 2 is 1.41 bits per heavy atom. The fourth-order valence-electron chi connectivity index (χ4n) is 2.32. The SMILES string of the molecule is CC(=O)Nc1ccc(SC(C)C(=O)Nc2ccc(C(C)C(=O)O)cc2)cc1. The summed E-state index contributed by atoms with van der Waals surface area (Å²) in [6.45, 7) is 4.87. The van der Waals surface area contributed by atoms with Crippen molar-refractivity contribution in [2.75, 3.05) is 10.6 Å². The monoisotopic (exact) mass is 386 g/mol. The normalized spacial score (nSPS) is 12.7. The summed E-state index contributed by atoms with van der Waals surface area (Å²) < 4.78 is 0. The molecular weight excluding hydrogens is 364 g/mol. The van der Waals surface area contributed by atoms with E-state index in [4.69, 9.17) is 5.11 Å². The lowest BCUT2D eigenvalue weighted by molar-refractivity contribution is -0.138. The summed E-state index contributed by atoms with van der Waals surface area (Å²) in [5, 5.41) is 14.2. The molecule has 2 aromatic carbocycles. The molecule has 7 heteroatoms. The Hall–Kier alpha value is -2.80. The van der Waals surface area contributed by atoms with E-state index in [1.54, 1.807) is 43.3 Å². The van der Waals surface area contributed by atoms with E-state index >= 15 is 0 Å². The average molecular weight is 386 g/mol. The standard InChI is InChI=1S/C20H22N2O4S/c1-12(20(25)26)15-4-6-17(7-5-15)22-19(24)13(2)27-18-10-8-16(9-11-18)21-14(3)23/h4-13H,1-3H3,(H,21,23)(H,22,24)(H,25,26). The van der Waals surface area contributed by atoms with Gasteiger partial charge < -0.3 is 15.7 Å². The number of thioether (sulfide) groups is 1. The molecule has 0 aromatic heterocycles. The lowest BCUT2D eigenvalue weighted by atomic mass is 10.0. The molecule has 0 aliphatic rings. The second-order valence-electron chi connectivity index (χ2n) is 6.14. The zero-order valence-electron chi connectivity index (χ0n) is 15.4. The number of amides is 2. The Kier molecular flexibility index (Phi) is 7.01. The number of carbonyl (C=O) groups excluding carboxylic acids is 2. The number of carbonyl (C=O) groups is 3. The van der Waals surface area contributed by atoms with E-state index in [2.05, 4.69) is 10.6 Å². The molecule has 2 rings (SSSR count). The molecule has 2 atom stereocenters. The molecule has 3 N–H and O–H groups in total. The Labute approximate surface area is 162 Å². The molecule has 0 saturated carbocycles. The summed E-state index contributed by atoms with van der Waals surface area (Å²) in [5.74, 6) is -1.76. The fraction of sp³-hybridized carbons (Fsp3) is 0.250. The Morgan fingerprint density at radius 3 is 1.93 bits per heavy atom. The average Bonchev–Trinajstić information content (AvgIpc) is 2.62. The number of rotatable bonds is 7. The van der Waals surface area contributed by atoms with Crippen LogP contribution in [0.2, 0.25) is 0 Å². The summed E-state index contributed by atoms with van der Waals surface area (Å²) in [5.41, 5.74) is 2.01. The van der Waals surface area contributed by atoms with Crippen molar-refractivity contribution in [1.82, 2.24) is 0 Å². The number of anilines is 2. The van der Waals surface area contributed by atoms with Crippen molar-refractivity contribution < 1.29 is 19.5 Å². The van der Waals surface area contributed by atoms with Crippen LogP contribution in [0.3, 0.4) is 0 Å². The fourth-order valence-corrected chi connectivity index (χ4v) is 3.19. The van der Waals surface area contributed by atoms with Gasteiger partial charge in [-0.05, 0) is 55.8 Å². The van der Waals surface area contributed by atoms with E-state index in [0.29, 0.717) is 16.9 Å². The topological polar surface area (TPSA) is 95.5 Å². The van der Waals surface area contributed by atoms with Gasteiger partial charge in [-0.25, -0.2) is 0 Å². The predicted molar refractivity (Wildman–Crippen MR) is 107 cm³/mol. The zero-order valence-corrected chi connectivity index (χ0v) is 16.2. The minimum absolute atomic E-state index is 0.132. The number of benzene rings is 2. The molecule has 0 aliphatic heterocycles. The van der Waals surface area contributed by atoms with Gasteiger partial charge in [0.05, 0.1) is 11.2 Å². The van der Waals surface area contributed by atoms with Gasteiger partial charge in [-0.1, -0.05) is 12.1 Å². The van der Waals surface area contributed by atoms with Gasteiger partial charge >= 0.3 is 5.97 Å². The third-order valence-electron chi connectivity index (χ3n) is 3.91. The van der Waals surface area contributed by atoms with Gasteiger partial charge in [-0.15, -0.1) is 11.8 Å². The van der Waals surface area contributed by atoms with E-state index in [1.165, 1.54) is 18.7 Å². The maximum Gasteiger partial charge on any atom is 0.310 e. The second-order valence-corrected chi connectivity index (χ2v) is 7.55. The van der Waals surface area contributed by atoms with Gasteiger partial charge in [0.1, 0.15) is 0 Å². The highest BCUT2D eigenvalue weighted by Crippen LogP contribution is 2.26. The zero-order chi connectivity index (χ0) is 20.0. The first-order valence-corrected chi connectivity index (χ1v) is 9.32. The molecule has 0 saturated heterocycles. The van der Waals surface area contributed by atoms with Crippen LogP contribution in [-0.2, 0) is 14.4 Å². The molecule has 0 aliphatic carbocycles. The molecule has 142 valence electrons. The molecule has 2 amide bonds. The van der Waals surface area contributed by atoms with Crippen LogP contribution in [0.25, 0.3) is 0 Å². The van der Waals surface area contributed by atoms with Crippen LogP contribution in [0, 0.1) is 0 Å². The van der Waals surface area contributed by atoms with Crippen molar-refractivity contribution in [1.29, 1.82) is 0 Å². The van der Waals surface area contributed by atoms with Crippen molar-refractivity contribution in [3.05, 3.63) is 54.1 Å². The molecule has 2 unspecified atom stereocenters. The van der Waals surface area contributed by atoms with E-state index in [0.717, 1.165) is 4.90 Å². The maximum atomic E-state index is 12.4. The molecule has 27 heavy (non-hydrogen) atoms. The first kappa shape index (κ1) is 20.5. The first-order valence-electron chi connectivity index (χ1n) is 8.44. The van der Waals surface area contributed by atoms with Crippen molar-refractivity contribution in [2.24, 2.45) is 0 Å². The highest BCUT2D eigenvalue weighted by atomic mass is 32.2. The Balaban J connectivity index is 1.93. The quantitative estimate of drug-likeness (QED) is 0.626. The largest absolute Gasteiger partial charge is 0.481 e. The van der Waals surface area contributed by atoms with Gasteiger partial charge in [0.2, 0.25) is 11.8 Å². The van der Waals surface area contributed by atoms with Crippen molar-refractivity contribution in [3.63, 3.8) is 0 Å². The summed E-state index contributed by atoms with van der Waals surface area (Å²) in [4.78, 5) is 35.3. The number of aliphatic carboxylic acids is 1. The van der Waals surface area contributed by atoms with E-state index in [-0.39, 0.29) is 17.1 Å². The van der Waals surface area contributed by atoms with Gasteiger partial charge in [-0.2, -0.15) is 0 Å². The van der Waals surface area contributed by atoms with E-state index < -0.39 is 11.9 Å². The van der Waals surface area contributed by atoms with Crippen molar-refractivity contribution >= 4 is 40.9 Å². The van der Waals surface area contributed by atoms with Gasteiger partial charge in [-0.3, -0.25) is 14.4 Å². The Bertz CT molecular complexity index is 819.